The Kier molecular flexibility index (Phi) is 8.97. The lowest BCUT2D eigenvalue weighted by molar-refractivity contribution is -0.139. The van der Waals surface area contributed by atoms with E-state index in [1.54, 1.807) is 11.3 Å². The molecule has 0 saturated carbocycles. The van der Waals surface area contributed by atoms with Crippen LogP contribution in [0.25, 0.3) is 10.1 Å². The molecule has 2 aromatic rings. The average Bonchev–Trinajstić information content (AvgIpc) is 3.10. The molecule has 1 heterocycles. The van der Waals surface area contributed by atoms with Crippen molar-refractivity contribution in [3.63, 3.8) is 0 Å². The van der Waals surface area contributed by atoms with E-state index in [1.165, 1.54) is 15.6 Å². The molecule has 0 saturated heterocycles. The quantitative estimate of drug-likeness (QED) is 0.341. The summed E-state index contributed by atoms with van der Waals surface area (Å²) in [5.41, 5.74) is 1.29. The van der Waals surface area contributed by atoms with Gasteiger partial charge in [-0.3, -0.25) is 0 Å². The van der Waals surface area contributed by atoms with Crippen LogP contribution in [0.1, 0.15) is 12.0 Å². The SMILES string of the molecule is CN(CCCOCCc1ccc2sccc2c1)CCOC(=O)C=CC(=O)O. The predicted octanol–water partition coefficient (Wildman–Crippen LogP) is 2.97. The molecule has 0 amide bonds. The Balaban J connectivity index is 1.49. The summed E-state index contributed by atoms with van der Waals surface area (Å²) in [5.74, 6) is -1.81. The minimum absolute atomic E-state index is 0.227. The van der Waals surface area contributed by atoms with Gasteiger partial charge in [-0.25, -0.2) is 9.59 Å². The van der Waals surface area contributed by atoms with Crippen LogP contribution in [0.3, 0.4) is 0 Å². The van der Waals surface area contributed by atoms with Crippen molar-refractivity contribution in [2.24, 2.45) is 0 Å². The minimum atomic E-state index is -1.17. The molecular formula is C20H25NO5S. The zero-order valence-electron chi connectivity index (χ0n) is 15.4. The van der Waals surface area contributed by atoms with Gasteiger partial charge in [-0.1, -0.05) is 12.1 Å². The van der Waals surface area contributed by atoms with Crippen molar-refractivity contribution < 1.29 is 24.2 Å². The molecule has 7 heteroatoms. The van der Waals surface area contributed by atoms with E-state index in [9.17, 15) is 9.59 Å². The molecule has 0 bridgehead atoms. The van der Waals surface area contributed by atoms with Crippen LogP contribution in [0, 0.1) is 0 Å². The lowest BCUT2D eigenvalue weighted by Gasteiger charge is -2.16. The Hall–Kier alpha value is -2.22. The monoisotopic (exact) mass is 391 g/mol. The summed E-state index contributed by atoms with van der Waals surface area (Å²) < 4.78 is 11.9. The van der Waals surface area contributed by atoms with E-state index in [0.29, 0.717) is 19.8 Å². The molecule has 1 aromatic carbocycles. The summed E-state index contributed by atoms with van der Waals surface area (Å²) in [5, 5.41) is 11.8. The van der Waals surface area contributed by atoms with Gasteiger partial charge in [-0.05, 0) is 48.4 Å². The maximum absolute atomic E-state index is 11.2. The summed E-state index contributed by atoms with van der Waals surface area (Å²) in [6.07, 6.45) is 3.47. The number of carboxylic acids is 1. The number of rotatable bonds is 12. The molecule has 0 radical (unpaired) electrons. The van der Waals surface area contributed by atoms with Crippen molar-refractivity contribution in [2.75, 3.05) is 40.0 Å². The maximum Gasteiger partial charge on any atom is 0.331 e. The number of fused-ring (bicyclic) bond motifs is 1. The molecule has 0 unspecified atom stereocenters. The van der Waals surface area contributed by atoms with E-state index in [4.69, 9.17) is 14.6 Å². The van der Waals surface area contributed by atoms with Crippen molar-refractivity contribution in [3.8, 4) is 0 Å². The maximum atomic E-state index is 11.2. The Labute approximate surface area is 163 Å². The fraction of sp³-hybridized carbons (Fsp3) is 0.400. The summed E-state index contributed by atoms with van der Waals surface area (Å²) in [7, 11) is 1.94. The third-order valence-corrected chi connectivity index (χ3v) is 4.86. The molecule has 0 aliphatic rings. The molecule has 146 valence electrons. The smallest absolute Gasteiger partial charge is 0.331 e. The number of aliphatic carboxylic acids is 1. The second-order valence-electron chi connectivity index (χ2n) is 6.15. The van der Waals surface area contributed by atoms with E-state index in [0.717, 1.165) is 31.5 Å². The van der Waals surface area contributed by atoms with Gasteiger partial charge in [-0.2, -0.15) is 0 Å². The van der Waals surface area contributed by atoms with Gasteiger partial charge in [-0.15, -0.1) is 11.3 Å². The zero-order valence-corrected chi connectivity index (χ0v) is 16.2. The number of carbonyl (C=O) groups excluding carboxylic acids is 1. The van der Waals surface area contributed by atoms with E-state index < -0.39 is 11.9 Å². The fourth-order valence-electron chi connectivity index (χ4n) is 2.50. The van der Waals surface area contributed by atoms with Crippen LogP contribution < -0.4 is 0 Å². The Morgan fingerprint density at radius 3 is 2.81 bits per heavy atom. The average molecular weight is 391 g/mol. The lowest BCUT2D eigenvalue weighted by Crippen LogP contribution is -2.26. The molecule has 6 nitrogen and oxygen atoms in total. The summed E-state index contributed by atoms with van der Waals surface area (Å²) >= 11 is 1.75. The van der Waals surface area contributed by atoms with Crippen LogP contribution in [0.2, 0.25) is 0 Å². The van der Waals surface area contributed by atoms with Crippen LogP contribution in [-0.2, 0) is 25.5 Å². The minimum Gasteiger partial charge on any atom is -0.478 e. The van der Waals surface area contributed by atoms with E-state index in [2.05, 4.69) is 29.6 Å². The van der Waals surface area contributed by atoms with Gasteiger partial charge in [0.05, 0.1) is 6.61 Å². The number of hydrogen-bond acceptors (Lipinski definition) is 6. The molecule has 0 aliphatic heterocycles. The van der Waals surface area contributed by atoms with Crippen molar-refractivity contribution in [1.82, 2.24) is 4.90 Å². The first-order valence-electron chi connectivity index (χ1n) is 8.85. The number of carboxylic acid groups (broad SMARTS) is 1. The van der Waals surface area contributed by atoms with Gasteiger partial charge in [0, 0.05) is 36.5 Å². The molecule has 1 aromatic heterocycles. The van der Waals surface area contributed by atoms with E-state index >= 15 is 0 Å². The predicted molar refractivity (Wildman–Crippen MR) is 106 cm³/mol. The Morgan fingerprint density at radius 1 is 1.15 bits per heavy atom. The standard InChI is InChI=1S/C20H25NO5S/c1-21(10-13-26-20(24)6-5-19(22)23)9-2-11-25-12-7-16-3-4-18-17(15-16)8-14-27-18/h3-6,8,14-15H,2,7,9-13H2,1H3,(H,22,23). The van der Waals surface area contributed by atoms with Gasteiger partial charge in [0.1, 0.15) is 6.61 Å². The Bertz CT molecular complexity index is 771. The van der Waals surface area contributed by atoms with Crippen LogP contribution in [-0.4, -0.2) is 61.9 Å². The summed E-state index contributed by atoms with van der Waals surface area (Å²) in [6.45, 7) is 3.04. The normalized spacial score (nSPS) is 11.5. The van der Waals surface area contributed by atoms with E-state index in [-0.39, 0.29) is 6.61 Å². The first-order valence-corrected chi connectivity index (χ1v) is 9.73. The fourth-order valence-corrected chi connectivity index (χ4v) is 3.27. The van der Waals surface area contributed by atoms with Crippen LogP contribution in [0.15, 0.2) is 41.8 Å². The number of hydrogen-bond donors (Lipinski definition) is 1. The number of esters is 1. The highest BCUT2D eigenvalue weighted by Gasteiger charge is 2.02. The lowest BCUT2D eigenvalue weighted by atomic mass is 10.1. The third kappa shape index (κ3) is 8.34. The van der Waals surface area contributed by atoms with Crippen LogP contribution in [0.4, 0.5) is 0 Å². The first kappa shape index (κ1) is 21.1. The number of thiophene rings is 1. The first-order chi connectivity index (χ1) is 13.0. The molecule has 0 aliphatic carbocycles. The highest BCUT2D eigenvalue weighted by Crippen LogP contribution is 2.21. The van der Waals surface area contributed by atoms with Crippen LogP contribution in [0.5, 0.6) is 0 Å². The van der Waals surface area contributed by atoms with Gasteiger partial charge >= 0.3 is 11.9 Å². The second kappa shape index (κ2) is 11.5. The van der Waals surface area contributed by atoms with Gasteiger partial charge in [0.25, 0.3) is 0 Å². The van der Waals surface area contributed by atoms with Crippen molar-refractivity contribution in [1.29, 1.82) is 0 Å². The van der Waals surface area contributed by atoms with Crippen molar-refractivity contribution >= 4 is 33.4 Å². The zero-order chi connectivity index (χ0) is 19.5. The van der Waals surface area contributed by atoms with Crippen LogP contribution >= 0.6 is 11.3 Å². The summed E-state index contributed by atoms with van der Waals surface area (Å²) in [6, 6.07) is 8.67. The molecule has 0 spiro atoms. The number of nitrogens with zero attached hydrogens (tertiary/aromatic N) is 1. The highest BCUT2D eigenvalue weighted by atomic mass is 32.1. The number of carbonyl (C=O) groups is 2. The van der Waals surface area contributed by atoms with E-state index in [1.807, 2.05) is 11.9 Å². The highest BCUT2D eigenvalue weighted by molar-refractivity contribution is 7.17. The molecular weight excluding hydrogens is 366 g/mol. The molecule has 2 rings (SSSR count). The molecule has 1 N–H and O–H groups in total. The molecule has 0 atom stereocenters. The van der Waals surface area contributed by atoms with Crippen molar-refractivity contribution in [3.05, 3.63) is 47.4 Å². The largest absolute Gasteiger partial charge is 0.478 e. The number of likely N-dealkylation sites (N-methyl/N-ethyl adjacent to an activating group) is 1. The molecule has 0 fully saturated rings. The topological polar surface area (TPSA) is 76.1 Å². The number of ether oxygens (including phenoxy) is 2. The van der Waals surface area contributed by atoms with Gasteiger partial charge < -0.3 is 19.5 Å². The Morgan fingerprint density at radius 2 is 2.00 bits per heavy atom. The van der Waals surface area contributed by atoms with Gasteiger partial charge in [0.2, 0.25) is 0 Å². The molecule has 27 heavy (non-hydrogen) atoms. The third-order valence-electron chi connectivity index (χ3n) is 3.96. The summed E-state index contributed by atoms with van der Waals surface area (Å²) in [4.78, 5) is 23.6. The number of benzene rings is 1. The second-order valence-corrected chi connectivity index (χ2v) is 7.10. The van der Waals surface area contributed by atoms with Crippen molar-refractivity contribution in [2.45, 2.75) is 12.8 Å². The van der Waals surface area contributed by atoms with Gasteiger partial charge in [0.15, 0.2) is 0 Å².